The van der Waals surface area contributed by atoms with Crippen molar-refractivity contribution in [3.8, 4) is 5.69 Å². The molecule has 1 heterocycles. The molecule has 0 unspecified atom stereocenters. The van der Waals surface area contributed by atoms with E-state index in [1.54, 1.807) is 12.3 Å². The van der Waals surface area contributed by atoms with Gasteiger partial charge < -0.3 is 5.11 Å². The minimum atomic E-state index is -0.978. The Labute approximate surface area is 129 Å². The molecule has 1 aromatic heterocycles. The van der Waals surface area contributed by atoms with Crippen molar-refractivity contribution in [2.75, 3.05) is 0 Å². The van der Waals surface area contributed by atoms with Gasteiger partial charge in [-0.05, 0) is 24.3 Å². The van der Waals surface area contributed by atoms with Crippen LogP contribution < -0.4 is 0 Å². The molecule has 0 aliphatic heterocycles. The third-order valence-electron chi connectivity index (χ3n) is 3.10. The molecule has 0 saturated heterocycles. The number of benzene rings is 2. The highest BCUT2D eigenvalue weighted by Crippen LogP contribution is 2.25. The Morgan fingerprint density at radius 1 is 1.24 bits per heavy atom. The number of para-hydroxylation sites is 1. The number of fused-ring (bicyclic) bond motifs is 1. The summed E-state index contributed by atoms with van der Waals surface area (Å²) in [5.41, 5.74) is 2.58. The molecule has 0 bridgehead atoms. The first-order valence-electron chi connectivity index (χ1n) is 6.29. The van der Waals surface area contributed by atoms with E-state index in [0.717, 1.165) is 32.7 Å². The SMILES string of the molecule is O=C(O)C=Cc1ccc(Br)cc1-n1ncc2ccccc21. The van der Waals surface area contributed by atoms with Gasteiger partial charge in [0.1, 0.15) is 0 Å². The van der Waals surface area contributed by atoms with E-state index < -0.39 is 5.97 Å². The molecule has 0 amide bonds. The zero-order valence-electron chi connectivity index (χ0n) is 10.9. The van der Waals surface area contributed by atoms with Gasteiger partial charge >= 0.3 is 5.97 Å². The number of halogens is 1. The largest absolute Gasteiger partial charge is 0.478 e. The predicted octanol–water partition coefficient (Wildman–Crippen LogP) is 3.89. The van der Waals surface area contributed by atoms with Gasteiger partial charge in [-0.3, -0.25) is 0 Å². The Hall–Kier alpha value is -2.40. The number of nitrogens with zero attached hydrogens (tertiary/aromatic N) is 2. The van der Waals surface area contributed by atoms with Crippen LogP contribution in [0.4, 0.5) is 0 Å². The lowest BCUT2D eigenvalue weighted by Gasteiger charge is -2.08. The average molecular weight is 343 g/mol. The monoisotopic (exact) mass is 342 g/mol. The summed E-state index contributed by atoms with van der Waals surface area (Å²) in [7, 11) is 0. The van der Waals surface area contributed by atoms with E-state index >= 15 is 0 Å². The molecule has 21 heavy (non-hydrogen) atoms. The lowest BCUT2D eigenvalue weighted by atomic mass is 10.1. The molecule has 104 valence electrons. The van der Waals surface area contributed by atoms with Gasteiger partial charge in [-0.15, -0.1) is 0 Å². The Kier molecular flexibility index (Phi) is 3.58. The van der Waals surface area contributed by atoms with Crippen LogP contribution in [0.1, 0.15) is 5.56 Å². The zero-order valence-corrected chi connectivity index (χ0v) is 12.5. The number of carbonyl (C=O) groups is 1. The fourth-order valence-electron chi connectivity index (χ4n) is 2.17. The van der Waals surface area contributed by atoms with Crippen LogP contribution in [0, 0.1) is 0 Å². The van der Waals surface area contributed by atoms with E-state index in [9.17, 15) is 4.79 Å². The van der Waals surface area contributed by atoms with Gasteiger partial charge in [0.15, 0.2) is 0 Å². The fourth-order valence-corrected chi connectivity index (χ4v) is 2.51. The summed E-state index contributed by atoms with van der Waals surface area (Å²) in [6.07, 6.45) is 4.49. The van der Waals surface area contributed by atoms with Crippen LogP contribution in [0.3, 0.4) is 0 Å². The molecular formula is C16H11BrN2O2. The third-order valence-corrected chi connectivity index (χ3v) is 3.60. The Morgan fingerprint density at radius 3 is 2.86 bits per heavy atom. The van der Waals surface area contributed by atoms with E-state index in [4.69, 9.17) is 5.11 Å². The molecule has 3 rings (SSSR count). The minimum Gasteiger partial charge on any atom is -0.478 e. The maximum atomic E-state index is 10.7. The van der Waals surface area contributed by atoms with E-state index in [-0.39, 0.29) is 0 Å². The summed E-state index contributed by atoms with van der Waals surface area (Å²) in [6.45, 7) is 0. The summed E-state index contributed by atoms with van der Waals surface area (Å²) in [4.78, 5) is 10.7. The molecule has 0 spiro atoms. The zero-order chi connectivity index (χ0) is 14.8. The molecule has 0 fully saturated rings. The maximum Gasteiger partial charge on any atom is 0.328 e. The number of aromatic nitrogens is 2. The van der Waals surface area contributed by atoms with Crippen molar-refractivity contribution in [2.45, 2.75) is 0 Å². The van der Waals surface area contributed by atoms with Crippen molar-refractivity contribution in [2.24, 2.45) is 0 Å². The standard InChI is InChI=1S/C16H11BrN2O2/c17-13-7-5-11(6-8-16(20)21)15(9-13)19-14-4-2-1-3-12(14)10-18-19/h1-10H,(H,20,21). The number of carboxylic acids is 1. The highest BCUT2D eigenvalue weighted by molar-refractivity contribution is 9.10. The van der Waals surface area contributed by atoms with Crippen LogP contribution in [-0.4, -0.2) is 20.9 Å². The summed E-state index contributed by atoms with van der Waals surface area (Å²) >= 11 is 3.44. The topological polar surface area (TPSA) is 55.1 Å². The first kappa shape index (κ1) is 13.6. The predicted molar refractivity (Wildman–Crippen MR) is 85.4 cm³/mol. The molecule has 5 heteroatoms. The van der Waals surface area contributed by atoms with Crippen molar-refractivity contribution >= 4 is 38.9 Å². The van der Waals surface area contributed by atoms with Crippen LogP contribution in [0.2, 0.25) is 0 Å². The van der Waals surface area contributed by atoms with Gasteiger partial charge in [-0.25, -0.2) is 9.48 Å². The van der Waals surface area contributed by atoms with Gasteiger partial charge in [-0.2, -0.15) is 5.10 Å². The van der Waals surface area contributed by atoms with E-state index in [1.807, 2.05) is 47.1 Å². The molecule has 0 saturated carbocycles. The number of rotatable bonds is 3. The molecular weight excluding hydrogens is 332 g/mol. The lowest BCUT2D eigenvalue weighted by Crippen LogP contribution is -1.99. The van der Waals surface area contributed by atoms with Crippen molar-refractivity contribution in [3.05, 3.63) is 64.8 Å². The van der Waals surface area contributed by atoms with Crippen LogP contribution >= 0.6 is 15.9 Å². The van der Waals surface area contributed by atoms with Gasteiger partial charge in [0, 0.05) is 21.5 Å². The lowest BCUT2D eigenvalue weighted by molar-refractivity contribution is -0.131. The third kappa shape index (κ3) is 2.73. The number of aliphatic carboxylic acids is 1. The minimum absolute atomic E-state index is 0.787. The second-order valence-corrected chi connectivity index (χ2v) is 5.41. The summed E-state index contributed by atoms with van der Waals surface area (Å²) in [5, 5.41) is 14.2. The van der Waals surface area contributed by atoms with Crippen LogP contribution in [-0.2, 0) is 4.79 Å². The van der Waals surface area contributed by atoms with Crippen LogP contribution in [0.25, 0.3) is 22.7 Å². The Morgan fingerprint density at radius 2 is 2.05 bits per heavy atom. The summed E-state index contributed by atoms with van der Waals surface area (Å²) in [5.74, 6) is -0.978. The van der Waals surface area contributed by atoms with Crippen LogP contribution in [0.15, 0.2) is 59.2 Å². The number of hydrogen-bond donors (Lipinski definition) is 1. The van der Waals surface area contributed by atoms with Crippen molar-refractivity contribution < 1.29 is 9.90 Å². The molecule has 1 N–H and O–H groups in total. The van der Waals surface area contributed by atoms with Crippen molar-refractivity contribution in [1.29, 1.82) is 0 Å². The van der Waals surface area contributed by atoms with Crippen molar-refractivity contribution in [1.82, 2.24) is 9.78 Å². The molecule has 2 aromatic carbocycles. The first-order valence-corrected chi connectivity index (χ1v) is 7.08. The summed E-state index contributed by atoms with van der Waals surface area (Å²) < 4.78 is 2.71. The van der Waals surface area contributed by atoms with E-state index in [2.05, 4.69) is 21.0 Å². The summed E-state index contributed by atoms with van der Waals surface area (Å²) in [6, 6.07) is 13.5. The van der Waals surface area contributed by atoms with E-state index in [0.29, 0.717) is 0 Å². The second kappa shape index (κ2) is 5.54. The highest BCUT2D eigenvalue weighted by atomic mass is 79.9. The highest BCUT2D eigenvalue weighted by Gasteiger charge is 2.08. The molecule has 0 aliphatic carbocycles. The first-order chi connectivity index (χ1) is 10.1. The van der Waals surface area contributed by atoms with E-state index in [1.165, 1.54) is 0 Å². The normalized spacial score (nSPS) is 11.3. The fraction of sp³-hybridized carbons (Fsp3) is 0. The Bertz CT molecular complexity index is 852. The van der Waals surface area contributed by atoms with Gasteiger partial charge in [0.25, 0.3) is 0 Å². The molecule has 0 atom stereocenters. The second-order valence-electron chi connectivity index (χ2n) is 4.49. The number of carboxylic acid groups (broad SMARTS) is 1. The van der Waals surface area contributed by atoms with Crippen LogP contribution in [0.5, 0.6) is 0 Å². The number of hydrogen-bond acceptors (Lipinski definition) is 2. The smallest absolute Gasteiger partial charge is 0.328 e. The van der Waals surface area contributed by atoms with Crippen molar-refractivity contribution in [3.63, 3.8) is 0 Å². The van der Waals surface area contributed by atoms with Gasteiger partial charge in [0.2, 0.25) is 0 Å². The molecule has 0 aliphatic rings. The molecule has 4 nitrogen and oxygen atoms in total. The average Bonchev–Trinajstić information content (AvgIpc) is 2.89. The maximum absolute atomic E-state index is 10.7. The molecule has 3 aromatic rings. The quantitative estimate of drug-likeness (QED) is 0.734. The Balaban J connectivity index is 2.21. The van der Waals surface area contributed by atoms with Gasteiger partial charge in [0.05, 0.1) is 17.4 Å². The molecule has 0 radical (unpaired) electrons. The van der Waals surface area contributed by atoms with Gasteiger partial charge in [-0.1, -0.05) is 40.2 Å².